The van der Waals surface area contributed by atoms with Crippen molar-refractivity contribution in [1.29, 1.82) is 0 Å². The zero-order chi connectivity index (χ0) is 34.6. The molecule has 0 fully saturated rings. The van der Waals surface area contributed by atoms with Gasteiger partial charge in [0.05, 0.1) is 11.4 Å². The number of thiophene rings is 1. The molecule has 0 aliphatic carbocycles. The molecule has 0 spiro atoms. The van der Waals surface area contributed by atoms with Crippen LogP contribution in [-0.4, -0.2) is 0 Å². The third-order valence-electron chi connectivity index (χ3n) is 10.7. The smallest absolute Gasteiger partial charge is 0.159 e. The van der Waals surface area contributed by atoms with E-state index in [4.69, 9.17) is 13.3 Å². The van der Waals surface area contributed by atoms with E-state index in [1.807, 2.05) is 30.3 Å². The topological polar surface area (TPSA) is 42.7 Å². The van der Waals surface area contributed by atoms with E-state index >= 15 is 0 Å². The second-order valence-electron chi connectivity index (χ2n) is 13.6. The number of benzene rings is 8. The minimum absolute atomic E-state index is 0.843. The molecule has 4 aromatic heterocycles. The van der Waals surface area contributed by atoms with Crippen LogP contribution in [0.1, 0.15) is 0 Å². The molecule has 4 nitrogen and oxygen atoms in total. The van der Waals surface area contributed by atoms with Crippen molar-refractivity contribution in [2.75, 3.05) is 4.90 Å². The maximum absolute atomic E-state index is 6.70. The summed E-state index contributed by atoms with van der Waals surface area (Å²) in [5.74, 6) is 0. The van der Waals surface area contributed by atoms with Crippen LogP contribution >= 0.6 is 11.3 Å². The number of nitrogens with zero attached hydrogens (tertiary/aromatic N) is 1. The number of rotatable bonds is 4. The first-order chi connectivity index (χ1) is 26.3. The number of furan rings is 3. The molecule has 53 heavy (non-hydrogen) atoms. The molecule has 0 aliphatic rings. The van der Waals surface area contributed by atoms with Crippen molar-refractivity contribution in [3.05, 3.63) is 164 Å². The van der Waals surface area contributed by atoms with Gasteiger partial charge in [-0.2, -0.15) is 0 Å². The Kier molecular flexibility index (Phi) is 5.90. The van der Waals surface area contributed by atoms with Crippen LogP contribution in [0.15, 0.2) is 177 Å². The summed E-state index contributed by atoms with van der Waals surface area (Å²) in [4.78, 5) is 2.35. The second-order valence-corrected chi connectivity index (χ2v) is 14.7. The first-order valence-electron chi connectivity index (χ1n) is 17.7. The van der Waals surface area contributed by atoms with Crippen LogP contribution in [0.5, 0.6) is 0 Å². The fourth-order valence-electron chi connectivity index (χ4n) is 8.33. The summed E-state index contributed by atoms with van der Waals surface area (Å²) >= 11 is 1.80. The fraction of sp³-hybridized carbons (Fsp3) is 0. The summed E-state index contributed by atoms with van der Waals surface area (Å²) in [5.41, 5.74) is 10.5. The molecule has 0 bridgehead atoms. The summed E-state index contributed by atoms with van der Waals surface area (Å²) in [6.45, 7) is 0. The van der Waals surface area contributed by atoms with Crippen LogP contribution in [0.2, 0.25) is 0 Å². The van der Waals surface area contributed by atoms with Crippen LogP contribution in [0.25, 0.3) is 97.1 Å². The third kappa shape index (κ3) is 4.11. The maximum atomic E-state index is 6.70. The molecule has 5 heteroatoms. The van der Waals surface area contributed by atoms with E-state index in [0.717, 1.165) is 105 Å². The van der Waals surface area contributed by atoms with E-state index in [1.54, 1.807) is 11.3 Å². The molecule has 0 atom stereocenters. The molecule has 0 unspecified atom stereocenters. The number of hydrogen-bond donors (Lipinski definition) is 0. The Labute approximate surface area is 306 Å². The van der Waals surface area contributed by atoms with Gasteiger partial charge < -0.3 is 18.2 Å². The van der Waals surface area contributed by atoms with Crippen molar-refractivity contribution in [2.24, 2.45) is 0 Å². The van der Waals surface area contributed by atoms with Gasteiger partial charge in [0.25, 0.3) is 0 Å². The molecular weight excluding hydrogens is 671 g/mol. The predicted molar refractivity (Wildman–Crippen MR) is 221 cm³/mol. The summed E-state index contributed by atoms with van der Waals surface area (Å²) < 4.78 is 22.2. The van der Waals surface area contributed by atoms with Gasteiger partial charge in [-0.25, -0.2) is 0 Å². The molecule has 0 aliphatic heterocycles. The molecule has 248 valence electrons. The maximum Gasteiger partial charge on any atom is 0.159 e. The minimum atomic E-state index is 0.843. The van der Waals surface area contributed by atoms with Gasteiger partial charge in [0.2, 0.25) is 0 Å². The molecular formula is C48H27NO3S. The second kappa shape index (κ2) is 10.8. The van der Waals surface area contributed by atoms with Crippen LogP contribution in [-0.2, 0) is 0 Å². The first kappa shape index (κ1) is 28.8. The van der Waals surface area contributed by atoms with E-state index in [9.17, 15) is 0 Å². The lowest BCUT2D eigenvalue weighted by Gasteiger charge is -2.26. The highest BCUT2D eigenvalue weighted by Crippen LogP contribution is 2.50. The molecule has 0 saturated heterocycles. The van der Waals surface area contributed by atoms with Gasteiger partial charge in [0.15, 0.2) is 5.58 Å². The zero-order valence-electron chi connectivity index (χ0n) is 28.2. The van der Waals surface area contributed by atoms with Gasteiger partial charge in [0.1, 0.15) is 27.9 Å². The van der Waals surface area contributed by atoms with E-state index < -0.39 is 0 Å². The van der Waals surface area contributed by atoms with Crippen molar-refractivity contribution in [3.63, 3.8) is 0 Å². The Morgan fingerprint density at radius 3 is 1.60 bits per heavy atom. The Bertz CT molecular complexity index is 3420. The highest BCUT2D eigenvalue weighted by atomic mass is 32.1. The van der Waals surface area contributed by atoms with Gasteiger partial charge in [0, 0.05) is 63.7 Å². The largest absolute Gasteiger partial charge is 0.455 e. The Hall–Kier alpha value is -6.82. The zero-order valence-corrected chi connectivity index (χ0v) is 29.0. The summed E-state index contributed by atoms with van der Waals surface area (Å²) in [6.07, 6.45) is 0. The van der Waals surface area contributed by atoms with E-state index in [-0.39, 0.29) is 0 Å². The molecule has 12 aromatic rings. The molecule has 0 radical (unpaired) electrons. The van der Waals surface area contributed by atoms with Gasteiger partial charge >= 0.3 is 0 Å². The molecule has 12 rings (SSSR count). The van der Waals surface area contributed by atoms with Crippen LogP contribution in [0.3, 0.4) is 0 Å². The average Bonchev–Trinajstić information content (AvgIpc) is 3.98. The lowest BCUT2D eigenvalue weighted by molar-refractivity contribution is 0.669. The highest BCUT2D eigenvalue weighted by Gasteiger charge is 2.24. The van der Waals surface area contributed by atoms with E-state index in [2.05, 4.69) is 138 Å². The van der Waals surface area contributed by atoms with Crippen molar-refractivity contribution in [1.82, 2.24) is 0 Å². The Balaban J connectivity index is 1.13. The molecule has 0 N–H and O–H groups in total. The summed E-state index contributed by atoms with van der Waals surface area (Å²) in [5, 5.41) is 8.96. The quantitative estimate of drug-likeness (QED) is 0.184. The SMILES string of the molecule is c1ccc2c(c1)oc1c(-c3ccc(N(c4cccc5c4oc4ccccc45)c4cccc5sc6ccc7c8ccccc8oc7c6c45)cc3)cccc12. The van der Waals surface area contributed by atoms with Crippen LogP contribution < -0.4 is 4.90 Å². The van der Waals surface area contributed by atoms with Gasteiger partial charge in [-0.15, -0.1) is 11.3 Å². The fourth-order valence-corrected chi connectivity index (χ4v) is 9.46. The van der Waals surface area contributed by atoms with Gasteiger partial charge in [-0.05, 0) is 66.2 Å². The summed E-state index contributed by atoms with van der Waals surface area (Å²) in [6, 6.07) is 57.5. The summed E-state index contributed by atoms with van der Waals surface area (Å²) in [7, 11) is 0. The average molecular weight is 698 g/mol. The van der Waals surface area contributed by atoms with Gasteiger partial charge in [-0.1, -0.05) is 103 Å². The van der Waals surface area contributed by atoms with Gasteiger partial charge in [-0.3, -0.25) is 0 Å². The highest BCUT2D eigenvalue weighted by molar-refractivity contribution is 7.26. The molecule has 0 saturated carbocycles. The first-order valence-corrected chi connectivity index (χ1v) is 18.6. The number of fused-ring (bicyclic) bond motifs is 13. The van der Waals surface area contributed by atoms with Crippen molar-refractivity contribution in [3.8, 4) is 11.1 Å². The van der Waals surface area contributed by atoms with E-state index in [1.165, 1.54) is 9.40 Å². The minimum Gasteiger partial charge on any atom is -0.455 e. The van der Waals surface area contributed by atoms with Crippen molar-refractivity contribution < 1.29 is 13.3 Å². The normalized spacial score (nSPS) is 12.2. The standard InChI is InChI=1S/C48H27NO3S/c1-4-18-39-31(10-1)34-14-7-13-30(46(34)50-39)28-22-24-29(25-23-28)49(38-17-8-15-35-32-11-2-5-19-40(32)51-47(35)38)37-16-9-21-42-44(37)45-43(53-42)27-26-36-33-12-3-6-20-41(33)52-48(36)45/h1-27H. The van der Waals surface area contributed by atoms with Crippen molar-refractivity contribution in [2.45, 2.75) is 0 Å². The lowest BCUT2D eigenvalue weighted by Crippen LogP contribution is -2.10. The Morgan fingerprint density at radius 1 is 0.358 bits per heavy atom. The number of hydrogen-bond acceptors (Lipinski definition) is 5. The van der Waals surface area contributed by atoms with Crippen molar-refractivity contribution >= 4 is 114 Å². The monoisotopic (exact) mass is 697 g/mol. The number of anilines is 3. The number of para-hydroxylation sites is 5. The molecule has 0 amide bonds. The molecule has 4 heterocycles. The predicted octanol–water partition coefficient (Wildman–Crippen LogP) is 14.9. The van der Waals surface area contributed by atoms with Crippen LogP contribution in [0.4, 0.5) is 17.1 Å². The lowest BCUT2D eigenvalue weighted by atomic mass is 10.0. The Morgan fingerprint density at radius 2 is 0.887 bits per heavy atom. The van der Waals surface area contributed by atoms with Crippen LogP contribution in [0, 0.1) is 0 Å². The molecule has 8 aromatic carbocycles. The third-order valence-corrected chi connectivity index (χ3v) is 11.8. The van der Waals surface area contributed by atoms with E-state index in [0.29, 0.717) is 0 Å².